The number of hydrogen-bond donors (Lipinski definition) is 1. The molecule has 1 aliphatic heterocycles. The minimum atomic E-state index is -3.95. The Morgan fingerprint density at radius 2 is 1.76 bits per heavy atom. The molecule has 2 aromatic rings. The van der Waals surface area contributed by atoms with Crippen molar-refractivity contribution >= 4 is 21.6 Å². The molecule has 1 fully saturated rings. The van der Waals surface area contributed by atoms with E-state index in [2.05, 4.69) is 10.2 Å². The van der Waals surface area contributed by atoms with Crippen molar-refractivity contribution in [2.45, 2.75) is 25.2 Å². The van der Waals surface area contributed by atoms with E-state index >= 15 is 0 Å². The zero-order chi connectivity index (χ0) is 23.7. The smallest absolute Gasteiger partial charge is 0.264 e. The minimum Gasteiger partial charge on any atom is -0.494 e. The molecule has 1 heterocycles. The Kier molecular flexibility index (Phi) is 9.11. The molecular formula is C24H33N3O5S. The van der Waals surface area contributed by atoms with E-state index in [9.17, 15) is 13.2 Å². The number of nitrogens with one attached hydrogen (secondary N) is 1. The quantitative estimate of drug-likeness (QED) is 0.502. The van der Waals surface area contributed by atoms with Crippen LogP contribution in [0.1, 0.15) is 18.9 Å². The number of hydrogen-bond acceptors (Lipinski definition) is 6. The van der Waals surface area contributed by atoms with Crippen LogP contribution in [0.5, 0.6) is 5.75 Å². The van der Waals surface area contributed by atoms with Gasteiger partial charge in [-0.3, -0.25) is 14.0 Å². The second-order valence-corrected chi connectivity index (χ2v) is 9.77. The van der Waals surface area contributed by atoms with Gasteiger partial charge in [-0.2, -0.15) is 0 Å². The largest absolute Gasteiger partial charge is 0.494 e. The summed E-state index contributed by atoms with van der Waals surface area (Å²) < 4.78 is 38.8. The fourth-order valence-electron chi connectivity index (χ4n) is 3.57. The molecule has 3 rings (SSSR count). The van der Waals surface area contributed by atoms with Crippen LogP contribution >= 0.6 is 0 Å². The van der Waals surface area contributed by atoms with Crippen molar-refractivity contribution in [1.82, 2.24) is 10.2 Å². The highest BCUT2D eigenvalue weighted by atomic mass is 32.2. The molecule has 180 valence electrons. The number of anilines is 1. The van der Waals surface area contributed by atoms with Crippen molar-refractivity contribution in [3.8, 4) is 5.75 Å². The predicted molar refractivity (Wildman–Crippen MR) is 128 cm³/mol. The molecule has 2 aromatic carbocycles. The van der Waals surface area contributed by atoms with Crippen LogP contribution in [0.15, 0.2) is 53.4 Å². The minimum absolute atomic E-state index is 0.103. The lowest BCUT2D eigenvalue weighted by atomic mass is 10.2. The molecule has 0 unspecified atom stereocenters. The third-order valence-electron chi connectivity index (χ3n) is 5.41. The summed E-state index contributed by atoms with van der Waals surface area (Å²) in [5, 5.41) is 2.86. The zero-order valence-corrected chi connectivity index (χ0v) is 20.1. The van der Waals surface area contributed by atoms with Gasteiger partial charge < -0.3 is 14.8 Å². The molecular weight excluding hydrogens is 442 g/mol. The Labute approximate surface area is 196 Å². The second kappa shape index (κ2) is 12.0. The highest BCUT2D eigenvalue weighted by molar-refractivity contribution is 7.92. The van der Waals surface area contributed by atoms with Gasteiger partial charge in [0, 0.05) is 19.6 Å². The summed E-state index contributed by atoms with van der Waals surface area (Å²) in [5.74, 6) is 0.253. The van der Waals surface area contributed by atoms with Crippen LogP contribution in [0.3, 0.4) is 0 Å². The average molecular weight is 476 g/mol. The molecule has 1 aliphatic rings. The van der Waals surface area contributed by atoms with Crippen LogP contribution in [0.2, 0.25) is 0 Å². The van der Waals surface area contributed by atoms with Crippen molar-refractivity contribution in [3.05, 3.63) is 54.1 Å². The Bertz CT molecular complexity index is 988. The first-order chi connectivity index (χ1) is 15.9. The fraction of sp³-hybridized carbons (Fsp3) is 0.458. The van der Waals surface area contributed by atoms with Crippen molar-refractivity contribution in [1.29, 1.82) is 0 Å². The van der Waals surface area contributed by atoms with Crippen LogP contribution in [-0.4, -0.2) is 71.8 Å². The lowest BCUT2D eigenvalue weighted by Crippen LogP contribution is -2.42. The van der Waals surface area contributed by atoms with Crippen molar-refractivity contribution in [2.75, 3.05) is 56.8 Å². The number of aryl methyl sites for hydroxylation is 1. The van der Waals surface area contributed by atoms with Crippen molar-refractivity contribution < 1.29 is 22.7 Å². The summed E-state index contributed by atoms with van der Waals surface area (Å²) in [6.07, 6.45) is 0.794. The molecule has 1 saturated heterocycles. The molecule has 33 heavy (non-hydrogen) atoms. The third kappa shape index (κ3) is 7.18. The number of nitrogens with zero attached hydrogens (tertiary/aromatic N) is 2. The molecule has 0 spiro atoms. The van der Waals surface area contributed by atoms with E-state index in [0.717, 1.165) is 49.1 Å². The monoisotopic (exact) mass is 475 g/mol. The van der Waals surface area contributed by atoms with Crippen LogP contribution in [0.4, 0.5) is 5.69 Å². The first kappa shape index (κ1) is 25.0. The molecule has 0 aliphatic carbocycles. The highest BCUT2D eigenvalue weighted by Crippen LogP contribution is 2.25. The van der Waals surface area contributed by atoms with E-state index in [1.165, 1.54) is 12.1 Å². The number of ether oxygens (including phenoxy) is 2. The van der Waals surface area contributed by atoms with E-state index in [1.54, 1.807) is 24.3 Å². The van der Waals surface area contributed by atoms with Crippen LogP contribution < -0.4 is 14.4 Å². The van der Waals surface area contributed by atoms with Crippen LogP contribution in [0, 0.1) is 6.92 Å². The second-order valence-electron chi connectivity index (χ2n) is 7.91. The van der Waals surface area contributed by atoms with Gasteiger partial charge in [0.15, 0.2) is 0 Å². The number of amides is 1. The number of sulfonamides is 1. The van der Waals surface area contributed by atoms with Crippen LogP contribution in [0.25, 0.3) is 0 Å². The average Bonchev–Trinajstić information content (AvgIpc) is 2.82. The van der Waals surface area contributed by atoms with Crippen LogP contribution in [-0.2, 0) is 19.6 Å². The van der Waals surface area contributed by atoms with Gasteiger partial charge in [0.25, 0.3) is 10.0 Å². The highest BCUT2D eigenvalue weighted by Gasteiger charge is 2.27. The van der Waals surface area contributed by atoms with Gasteiger partial charge in [0.1, 0.15) is 12.3 Å². The Hall–Kier alpha value is -2.62. The zero-order valence-electron chi connectivity index (χ0n) is 19.3. The van der Waals surface area contributed by atoms with Gasteiger partial charge in [-0.15, -0.1) is 0 Å². The number of carbonyl (C=O) groups is 1. The summed E-state index contributed by atoms with van der Waals surface area (Å²) in [6.45, 7) is 8.62. The summed E-state index contributed by atoms with van der Waals surface area (Å²) >= 11 is 0. The Morgan fingerprint density at radius 3 is 2.39 bits per heavy atom. The number of carbonyl (C=O) groups excluding carboxylic acids is 1. The standard InChI is InChI=1S/C24H33N3O5S/c1-3-32-22-9-11-23(12-10-22)33(29,30)27(21-7-5-20(2)6-8-21)19-24(28)25-13-4-14-26-15-17-31-18-16-26/h5-12H,3-4,13-19H2,1-2H3,(H,25,28). The first-order valence-corrected chi connectivity index (χ1v) is 12.7. The molecule has 0 saturated carbocycles. The molecule has 0 atom stereocenters. The van der Waals surface area contributed by atoms with Gasteiger partial charge in [-0.05, 0) is 63.2 Å². The molecule has 0 bridgehead atoms. The van der Waals surface area contributed by atoms with Crippen molar-refractivity contribution in [3.63, 3.8) is 0 Å². The summed E-state index contributed by atoms with van der Waals surface area (Å²) in [4.78, 5) is 15.1. The summed E-state index contributed by atoms with van der Waals surface area (Å²) in [6, 6.07) is 13.3. The molecule has 1 amide bonds. The lowest BCUT2D eigenvalue weighted by Gasteiger charge is -2.26. The molecule has 0 aromatic heterocycles. The number of benzene rings is 2. The Morgan fingerprint density at radius 1 is 1.09 bits per heavy atom. The summed E-state index contributed by atoms with van der Waals surface area (Å²) in [7, 11) is -3.95. The maximum absolute atomic E-state index is 13.4. The number of morpholine rings is 1. The molecule has 1 N–H and O–H groups in total. The van der Waals surface area contributed by atoms with Gasteiger partial charge in [-0.1, -0.05) is 17.7 Å². The molecule has 8 nitrogen and oxygen atoms in total. The van der Waals surface area contributed by atoms with E-state index in [1.807, 2.05) is 26.0 Å². The fourth-order valence-corrected chi connectivity index (χ4v) is 4.99. The van der Waals surface area contributed by atoms with E-state index in [0.29, 0.717) is 24.6 Å². The molecule has 0 radical (unpaired) electrons. The third-order valence-corrected chi connectivity index (χ3v) is 7.20. The van der Waals surface area contributed by atoms with E-state index in [-0.39, 0.29) is 17.3 Å². The van der Waals surface area contributed by atoms with Gasteiger partial charge in [0.05, 0.1) is 30.4 Å². The topological polar surface area (TPSA) is 88.2 Å². The van der Waals surface area contributed by atoms with Gasteiger partial charge in [-0.25, -0.2) is 8.42 Å². The Balaban J connectivity index is 1.68. The van der Waals surface area contributed by atoms with E-state index < -0.39 is 10.0 Å². The van der Waals surface area contributed by atoms with E-state index in [4.69, 9.17) is 9.47 Å². The first-order valence-electron chi connectivity index (χ1n) is 11.3. The SMILES string of the molecule is CCOc1ccc(S(=O)(=O)N(CC(=O)NCCCN2CCOCC2)c2ccc(C)cc2)cc1. The van der Waals surface area contributed by atoms with Gasteiger partial charge in [0.2, 0.25) is 5.91 Å². The molecule has 9 heteroatoms. The van der Waals surface area contributed by atoms with Gasteiger partial charge >= 0.3 is 0 Å². The lowest BCUT2D eigenvalue weighted by molar-refractivity contribution is -0.119. The maximum atomic E-state index is 13.4. The maximum Gasteiger partial charge on any atom is 0.264 e. The number of rotatable bonds is 11. The predicted octanol–water partition coefficient (Wildman–Crippen LogP) is 2.43. The normalized spacial score (nSPS) is 14.6. The van der Waals surface area contributed by atoms with Crippen molar-refractivity contribution in [2.24, 2.45) is 0 Å². The summed E-state index contributed by atoms with van der Waals surface area (Å²) in [5.41, 5.74) is 1.45.